The van der Waals surface area contributed by atoms with E-state index in [9.17, 15) is 24.9 Å². The normalized spacial score (nSPS) is 26.1. The van der Waals surface area contributed by atoms with Crippen molar-refractivity contribution in [1.29, 1.82) is 0 Å². The predicted octanol–water partition coefficient (Wildman–Crippen LogP) is 8.76. The van der Waals surface area contributed by atoms with Crippen LogP contribution >= 0.6 is 0 Å². The number of aliphatic hydroxyl groups is 1. The third-order valence-corrected chi connectivity index (χ3v) is 10.1. The quantitative estimate of drug-likeness (QED) is 0.0583. The number of ketones is 3. The van der Waals surface area contributed by atoms with E-state index in [1.165, 1.54) is 12.1 Å². The first kappa shape index (κ1) is 34.8. The number of carbonyl (C=O) groups is 3. The zero-order valence-electron chi connectivity index (χ0n) is 27.8. The van der Waals surface area contributed by atoms with E-state index >= 15 is 4.79 Å². The first-order valence-corrected chi connectivity index (χ1v) is 15.5. The number of carbonyl (C=O) groups excluding carboxylic acids is 3. The fourth-order valence-corrected chi connectivity index (χ4v) is 7.19. The number of benzene rings is 1. The zero-order valence-corrected chi connectivity index (χ0v) is 27.8. The highest BCUT2D eigenvalue weighted by molar-refractivity contribution is 6.41. The first-order valence-electron chi connectivity index (χ1n) is 15.5. The molecule has 4 atom stereocenters. The van der Waals surface area contributed by atoms with Gasteiger partial charge in [-0.05, 0) is 116 Å². The molecular weight excluding hydrogens is 552 g/mol. The second-order valence-corrected chi connectivity index (χ2v) is 14.3. The van der Waals surface area contributed by atoms with Crippen LogP contribution in [0.1, 0.15) is 99.5 Å². The van der Waals surface area contributed by atoms with Gasteiger partial charge in [0.15, 0.2) is 28.8 Å². The molecule has 0 heterocycles. The lowest BCUT2D eigenvalue weighted by Crippen LogP contribution is -2.69. The summed E-state index contributed by atoms with van der Waals surface area (Å²) < 4.78 is 0. The van der Waals surface area contributed by atoms with Crippen molar-refractivity contribution in [3.8, 4) is 11.5 Å². The lowest BCUT2D eigenvalue weighted by molar-refractivity contribution is -0.177. The van der Waals surface area contributed by atoms with Gasteiger partial charge in [0.05, 0.1) is 5.41 Å². The standard InChI is InChI=1S/C38H50O6/c1-22(2)11-13-27(25(7)8)20-37-21-28(15-12-23(3)4)36(9,10)38(35(37)44,18-17-24(5)6)34(43)31(33(37)42)32(41)26-14-16-29(39)30(40)19-26/h12,14,16-17,19,27-28,39-41H,1,7,11,13,15,18,20-21H2,2-6,8-10H3. The van der Waals surface area contributed by atoms with Crippen molar-refractivity contribution in [2.24, 2.45) is 28.1 Å². The van der Waals surface area contributed by atoms with Gasteiger partial charge in [-0.1, -0.05) is 54.9 Å². The molecule has 3 rings (SSSR count). The van der Waals surface area contributed by atoms with Crippen LogP contribution in [-0.2, 0) is 14.4 Å². The van der Waals surface area contributed by atoms with E-state index in [0.29, 0.717) is 19.3 Å². The van der Waals surface area contributed by atoms with Crippen molar-refractivity contribution in [1.82, 2.24) is 0 Å². The number of fused-ring (bicyclic) bond motifs is 2. The molecule has 6 heteroatoms. The summed E-state index contributed by atoms with van der Waals surface area (Å²) in [7, 11) is 0. The van der Waals surface area contributed by atoms with Gasteiger partial charge in [0.2, 0.25) is 0 Å². The van der Waals surface area contributed by atoms with Crippen LogP contribution in [0.4, 0.5) is 0 Å². The van der Waals surface area contributed by atoms with Crippen LogP contribution in [0.3, 0.4) is 0 Å². The van der Waals surface area contributed by atoms with E-state index in [-0.39, 0.29) is 42.4 Å². The topological polar surface area (TPSA) is 112 Å². The van der Waals surface area contributed by atoms with Crippen molar-refractivity contribution >= 4 is 23.1 Å². The van der Waals surface area contributed by atoms with Gasteiger partial charge in [-0.25, -0.2) is 0 Å². The number of rotatable bonds is 11. The number of phenols is 2. The summed E-state index contributed by atoms with van der Waals surface area (Å²) in [5, 5.41) is 31.7. The molecule has 2 fully saturated rings. The minimum Gasteiger partial charge on any atom is -0.506 e. The Kier molecular flexibility index (Phi) is 10.1. The number of aromatic hydroxyl groups is 2. The lowest BCUT2D eigenvalue weighted by atomic mass is 9.38. The summed E-state index contributed by atoms with van der Waals surface area (Å²) in [6.45, 7) is 23.8. The lowest BCUT2D eigenvalue weighted by Gasteiger charge is -2.60. The summed E-state index contributed by atoms with van der Waals surface area (Å²) in [6.07, 6.45) is 6.46. The van der Waals surface area contributed by atoms with Gasteiger partial charge >= 0.3 is 0 Å². The molecule has 6 nitrogen and oxygen atoms in total. The highest BCUT2D eigenvalue weighted by Gasteiger charge is 2.74. The molecule has 44 heavy (non-hydrogen) atoms. The fraction of sp³-hybridized carbons (Fsp3) is 0.500. The molecule has 238 valence electrons. The average Bonchev–Trinajstić information content (AvgIpc) is 2.91. The predicted molar refractivity (Wildman–Crippen MR) is 176 cm³/mol. The van der Waals surface area contributed by atoms with Gasteiger partial charge in [0, 0.05) is 5.56 Å². The SMILES string of the molecule is C=C(C)CCC(CC12CC(CC=C(C)C)C(C)(C)C(CC=C(C)C)(C(=O)C(=C(O)c3ccc(O)c(O)c3)C1=O)C2=O)C(=C)C. The highest BCUT2D eigenvalue weighted by Crippen LogP contribution is 2.66. The van der Waals surface area contributed by atoms with Gasteiger partial charge in [-0.15, -0.1) is 6.58 Å². The van der Waals surface area contributed by atoms with Crippen molar-refractivity contribution in [2.45, 2.75) is 93.9 Å². The summed E-state index contributed by atoms with van der Waals surface area (Å²) in [4.78, 5) is 44.9. The largest absolute Gasteiger partial charge is 0.506 e. The Hall–Kier alpha value is -3.67. The van der Waals surface area contributed by atoms with E-state index < -0.39 is 50.6 Å². The van der Waals surface area contributed by atoms with Crippen LogP contribution in [-0.4, -0.2) is 32.7 Å². The van der Waals surface area contributed by atoms with E-state index in [0.717, 1.165) is 28.4 Å². The number of Topliss-reactive ketones (excluding diaryl/α,β-unsaturated/α-hetero) is 3. The van der Waals surface area contributed by atoms with Crippen LogP contribution in [0, 0.1) is 28.1 Å². The Balaban J connectivity index is 2.45. The van der Waals surface area contributed by atoms with Crippen molar-refractivity contribution in [3.63, 3.8) is 0 Å². The molecule has 2 bridgehead atoms. The number of hydrogen-bond acceptors (Lipinski definition) is 6. The molecule has 0 amide bonds. The number of hydrogen-bond donors (Lipinski definition) is 3. The van der Waals surface area contributed by atoms with Crippen LogP contribution in [0.5, 0.6) is 11.5 Å². The monoisotopic (exact) mass is 602 g/mol. The third-order valence-electron chi connectivity index (χ3n) is 10.1. The molecule has 2 saturated carbocycles. The summed E-state index contributed by atoms with van der Waals surface area (Å²) >= 11 is 0. The van der Waals surface area contributed by atoms with Gasteiger partial charge in [0.25, 0.3) is 0 Å². The molecule has 1 aromatic carbocycles. The Morgan fingerprint density at radius 2 is 1.57 bits per heavy atom. The second-order valence-electron chi connectivity index (χ2n) is 14.3. The summed E-state index contributed by atoms with van der Waals surface area (Å²) in [6, 6.07) is 3.64. The first-order chi connectivity index (χ1) is 20.3. The van der Waals surface area contributed by atoms with Crippen LogP contribution < -0.4 is 0 Å². The molecule has 2 aliphatic rings. The molecule has 2 aliphatic carbocycles. The molecule has 0 spiro atoms. The Labute approximate surface area is 263 Å². The van der Waals surface area contributed by atoms with Crippen LogP contribution in [0.25, 0.3) is 5.76 Å². The molecule has 0 aliphatic heterocycles. The van der Waals surface area contributed by atoms with E-state index in [4.69, 9.17) is 0 Å². The molecule has 0 radical (unpaired) electrons. The molecule has 0 aromatic heterocycles. The number of phenolic OH excluding ortho intramolecular Hbond substituents is 2. The Bertz CT molecular complexity index is 1480. The maximum absolute atomic E-state index is 15.2. The summed E-state index contributed by atoms with van der Waals surface area (Å²) in [5.74, 6) is -3.61. The van der Waals surface area contributed by atoms with Crippen molar-refractivity contribution in [3.05, 3.63) is 76.9 Å². The molecule has 4 unspecified atom stereocenters. The van der Waals surface area contributed by atoms with Crippen LogP contribution in [0.15, 0.2) is 71.4 Å². The highest BCUT2D eigenvalue weighted by atomic mass is 16.3. The van der Waals surface area contributed by atoms with E-state index in [2.05, 4.69) is 19.2 Å². The maximum atomic E-state index is 15.2. The molecule has 1 aromatic rings. The smallest absolute Gasteiger partial charge is 0.184 e. The van der Waals surface area contributed by atoms with Gasteiger partial charge in [0.1, 0.15) is 16.7 Å². The van der Waals surface area contributed by atoms with Crippen molar-refractivity contribution < 1.29 is 29.7 Å². The molecular formula is C38H50O6. The summed E-state index contributed by atoms with van der Waals surface area (Å²) in [5.41, 5.74) is -0.587. The Morgan fingerprint density at radius 1 is 0.955 bits per heavy atom. The third kappa shape index (κ3) is 6.00. The van der Waals surface area contributed by atoms with Gasteiger partial charge < -0.3 is 15.3 Å². The van der Waals surface area contributed by atoms with Gasteiger partial charge in [-0.3, -0.25) is 14.4 Å². The zero-order chi connectivity index (χ0) is 33.4. The maximum Gasteiger partial charge on any atom is 0.184 e. The van der Waals surface area contributed by atoms with E-state index in [1.54, 1.807) is 0 Å². The van der Waals surface area contributed by atoms with Crippen molar-refractivity contribution in [2.75, 3.05) is 0 Å². The second kappa shape index (κ2) is 12.7. The van der Waals surface area contributed by atoms with E-state index in [1.807, 2.05) is 61.5 Å². The average molecular weight is 603 g/mol. The minimum absolute atomic E-state index is 0.00886. The number of aliphatic hydroxyl groups excluding tert-OH is 1. The fourth-order valence-electron chi connectivity index (χ4n) is 7.19. The molecule has 3 N–H and O–H groups in total. The number of allylic oxidation sites excluding steroid dienone is 7. The molecule has 0 saturated heterocycles. The van der Waals surface area contributed by atoms with Gasteiger partial charge in [-0.2, -0.15) is 0 Å². The Morgan fingerprint density at radius 3 is 2.09 bits per heavy atom. The minimum atomic E-state index is -1.62. The van der Waals surface area contributed by atoms with Crippen LogP contribution in [0.2, 0.25) is 0 Å².